The molecule has 0 radical (unpaired) electrons. The van der Waals surface area contributed by atoms with Crippen molar-refractivity contribution in [1.29, 1.82) is 0 Å². The van der Waals surface area contributed by atoms with Gasteiger partial charge in [-0.1, -0.05) is 13.8 Å². The van der Waals surface area contributed by atoms with Crippen molar-refractivity contribution in [2.24, 2.45) is 5.92 Å². The summed E-state index contributed by atoms with van der Waals surface area (Å²) >= 11 is 0. The molecule has 0 saturated carbocycles. The van der Waals surface area contributed by atoms with Crippen molar-refractivity contribution in [1.82, 2.24) is 0 Å². The summed E-state index contributed by atoms with van der Waals surface area (Å²) in [6.07, 6.45) is 0. The van der Waals surface area contributed by atoms with Crippen LogP contribution >= 0.6 is 0 Å². The zero-order valence-corrected chi connectivity index (χ0v) is 6.31. The molecule has 0 fully saturated rings. The van der Waals surface area contributed by atoms with Gasteiger partial charge in [0.25, 0.3) is 0 Å². The van der Waals surface area contributed by atoms with E-state index in [0.717, 1.165) is 0 Å². The fourth-order valence-electron chi connectivity index (χ4n) is 0.236. The minimum atomic E-state index is -0.153. The van der Waals surface area contributed by atoms with Crippen molar-refractivity contribution < 1.29 is 9.53 Å². The van der Waals surface area contributed by atoms with E-state index in [4.69, 9.17) is 0 Å². The van der Waals surface area contributed by atoms with Crippen LogP contribution in [0.25, 0.3) is 0 Å². The maximum Gasteiger partial charge on any atom is 0.308 e. The molecular formula is C7H14O2. The number of rotatable bonds is 1. The molecule has 0 aliphatic heterocycles. The molecular weight excluding hydrogens is 116 g/mol. The molecule has 2 heteroatoms. The first-order chi connectivity index (χ1) is 4.18. The van der Waals surface area contributed by atoms with Gasteiger partial charge in [0, 0.05) is 0 Å². The lowest BCUT2D eigenvalue weighted by molar-refractivity contribution is -0.144. The van der Waals surface area contributed by atoms with E-state index in [9.17, 15) is 4.79 Å². The Kier molecular flexibility index (Phi) is 8.87. The third kappa shape index (κ3) is 7.21. The van der Waals surface area contributed by atoms with Gasteiger partial charge in [0.15, 0.2) is 0 Å². The first-order valence-electron chi connectivity index (χ1n) is 2.76. The highest BCUT2D eigenvalue weighted by Crippen LogP contribution is 1.91. The van der Waals surface area contributed by atoms with Gasteiger partial charge in [0.05, 0.1) is 13.0 Å². The second kappa shape index (κ2) is 7.21. The second-order valence-electron chi connectivity index (χ2n) is 1.68. The van der Waals surface area contributed by atoms with E-state index in [2.05, 4.69) is 17.9 Å². The van der Waals surface area contributed by atoms with Gasteiger partial charge in [0.2, 0.25) is 0 Å². The van der Waals surface area contributed by atoms with Gasteiger partial charge in [-0.05, 0) is 0 Å². The van der Waals surface area contributed by atoms with E-state index in [-0.39, 0.29) is 11.9 Å². The average Bonchev–Trinajstić information content (AvgIpc) is 1.91. The number of hydrogen-bond donors (Lipinski definition) is 0. The minimum absolute atomic E-state index is 0.00463. The van der Waals surface area contributed by atoms with E-state index < -0.39 is 0 Å². The maximum atomic E-state index is 10.3. The zero-order valence-electron chi connectivity index (χ0n) is 6.31. The van der Waals surface area contributed by atoms with Gasteiger partial charge >= 0.3 is 5.97 Å². The molecule has 9 heavy (non-hydrogen) atoms. The summed E-state index contributed by atoms with van der Waals surface area (Å²) < 4.78 is 4.37. The Labute approximate surface area is 56.5 Å². The lowest BCUT2D eigenvalue weighted by Crippen LogP contribution is -2.07. The average molecular weight is 130 g/mol. The van der Waals surface area contributed by atoms with Gasteiger partial charge in [-0.2, -0.15) is 0 Å². The topological polar surface area (TPSA) is 26.3 Å². The Morgan fingerprint density at radius 2 is 1.78 bits per heavy atom. The summed E-state index contributed by atoms with van der Waals surface area (Å²) in [5, 5.41) is 0. The molecule has 0 aromatic carbocycles. The Balaban J connectivity index is 0. The van der Waals surface area contributed by atoms with E-state index >= 15 is 0 Å². The third-order valence-electron chi connectivity index (χ3n) is 0.673. The summed E-state index contributed by atoms with van der Waals surface area (Å²) in [7, 11) is 1.39. The standard InChI is InChI=1S/C5H10O2.C2H4/c1-4(2)5(6)7-3;1-2/h4H,1-3H3;1-2H2. The highest BCUT2D eigenvalue weighted by molar-refractivity contribution is 5.71. The van der Waals surface area contributed by atoms with E-state index in [1.165, 1.54) is 7.11 Å². The van der Waals surface area contributed by atoms with Gasteiger partial charge in [-0.3, -0.25) is 4.79 Å². The molecule has 0 heterocycles. The summed E-state index contributed by atoms with van der Waals surface area (Å²) in [4.78, 5) is 10.3. The number of esters is 1. The normalized spacial score (nSPS) is 7.56. The lowest BCUT2D eigenvalue weighted by atomic mass is 10.2. The van der Waals surface area contributed by atoms with Crippen molar-refractivity contribution in [3.05, 3.63) is 13.2 Å². The van der Waals surface area contributed by atoms with Crippen LogP contribution in [0.3, 0.4) is 0 Å². The monoisotopic (exact) mass is 130 g/mol. The molecule has 2 nitrogen and oxygen atoms in total. The molecule has 0 bridgehead atoms. The van der Waals surface area contributed by atoms with Gasteiger partial charge < -0.3 is 4.74 Å². The van der Waals surface area contributed by atoms with Crippen molar-refractivity contribution in [2.45, 2.75) is 13.8 Å². The molecule has 0 saturated heterocycles. The Morgan fingerprint density at radius 1 is 1.44 bits per heavy atom. The first-order valence-corrected chi connectivity index (χ1v) is 2.76. The van der Waals surface area contributed by atoms with Crippen LogP contribution in [0.4, 0.5) is 0 Å². The molecule has 0 aliphatic rings. The highest BCUT2D eigenvalue weighted by atomic mass is 16.5. The minimum Gasteiger partial charge on any atom is -0.469 e. The van der Waals surface area contributed by atoms with Crippen LogP contribution in [0.2, 0.25) is 0 Å². The number of carbonyl (C=O) groups is 1. The highest BCUT2D eigenvalue weighted by Gasteiger charge is 2.03. The predicted octanol–water partition coefficient (Wildman–Crippen LogP) is 1.62. The molecule has 0 rings (SSSR count). The Morgan fingerprint density at radius 3 is 1.78 bits per heavy atom. The summed E-state index contributed by atoms with van der Waals surface area (Å²) in [6, 6.07) is 0. The van der Waals surface area contributed by atoms with Crippen LogP contribution in [0.5, 0.6) is 0 Å². The molecule has 0 atom stereocenters. The fraction of sp³-hybridized carbons (Fsp3) is 0.571. The molecule has 0 amide bonds. The van der Waals surface area contributed by atoms with E-state index in [1.54, 1.807) is 13.8 Å². The third-order valence-corrected chi connectivity index (χ3v) is 0.673. The predicted molar refractivity (Wildman–Crippen MR) is 38.1 cm³/mol. The molecule has 0 unspecified atom stereocenters. The molecule has 0 aromatic rings. The van der Waals surface area contributed by atoms with Crippen LogP contribution in [-0.2, 0) is 9.53 Å². The Bertz CT molecular complexity index is 77.0. The second-order valence-corrected chi connectivity index (χ2v) is 1.68. The SMILES string of the molecule is C=C.COC(=O)C(C)C. The molecule has 54 valence electrons. The van der Waals surface area contributed by atoms with Crippen molar-refractivity contribution in [3.63, 3.8) is 0 Å². The summed E-state index contributed by atoms with van der Waals surface area (Å²) in [6.45, 7) is 9.59. The van der Waals surface area contributed by atoms with Crippen molar-refractivity contribution in [3.8, 4) is 0 Å². The van der Waals surface area contributed by atoms with E-state index in [1.807, 2.05) is 0 Å². The molecule has 0 spiro atoms. The van der Waals surface area contributed by atoms with E-state index in [0.29, 0.717) is 0 Å². The van der Waals surface area contributed by atoms with Crippen LogP contribution in [0, 0.1) is 5.92 Å². The number of ether oxygens (including phenoxy) is 1. The molecule has 0 aliphatic carbocycles. The van der Waals surface area contributed by atoms with Crippen molar-refractivity contribution in [2.75, 3.05) is 7.11 Å². The van der Waals surface area contributed by atoms with Crippen LogP contribution < -0.4 is 0 Å². The number of hydrogen-bond acceptors (Lipinski definition) is 2. The van der Waals surface area contributed by atoms with Gasteiger partial charge in [0.1, 0.15) is 0 Å². The van der Waals surface area contributed by atoms with Crippen LogP contribution in [-0.4, -0.2) is 13.1 Å². The summed E-state index contributed by atoms with van der Waals surface area (Å²) in [5.74, 6) is -0.148. The van der Waals surface area contributed by atoms with Crippen LogP contribution in [0.15, 0.2) is 13.2 Å². The Hall–Kier alpha value is -0.790. The number of methoxy groups -OCH3 is 1. The van der Waals surface area contributed by atoms with Crippen LogP contribution in [0.1, 0.15) is 13.8 Å². The maximum absolute atomic E-state index is 10.3. The number of carbonyl (C=O) groups excluding carboxylic acids is 1. The quantitative estimate of drug-likeness (QED) is 0.398. The largest absolute Gasteiger partial charge is 0.469 e. The molecule has 0 N–H and O–H groups in total. The fourth-order valence-corrected chi connectivity index (χ4v) is 0.236. The first kappa shape index (κ1) is 11.1. The molecule has 0 aromatic heterocycles. The summed E-state index contributed by atoms with van der Waals surface area (Å²) in [5.41, 5.74) is 0. The zero-order chi connectivity index (χ0) is 7.86. The van der Waals surface area contributed by atoms with Crippen molar-refractivity contribution >= 4 is 5.97 Å². The lowest BCUT2D eigenvalue weighted by Gasteiger charge is -1.97. The van der Waals surface area contributed by atoms with Gasteiger partial charge in [-0.25, -0.2) is 0 Å². The van der Waals surface area contributed by atoms with Gasteiger partial charge in [-0.15, -0.1) is 13.2 Å². The smallest absolute Gasteiger partial charge is 0.308 e.